The smallest absolute Gasteiger partial charge is 0.312 e. The van der Waals surface area contributed by atoms with Crippen molar-refractivity contribution in [1.82, 2.24) is 10.2 Å². The number of hydrogen-bond donors (Lipinski definition) is 3. The number of urea groups is 1. The van der Waals surface area contributed by atoms with Gasteiger partial charge in [0, 0.05) is 7.05 Å². The van der Waals surface area contributed by atoms with Crippen LogP contribution < -0.4 is 11.1 Å². The molecule has 0 aliphatic heterocycles. The lowest BCUT2D eigenvalue weighted by Gasteiger charge is -2.37. The zero-order valence-corrected chi connectivity index (χ0v) is 12.6. The van der Waals surface area contributed by atoms with Crippen LogP contribution in [-0.2, 0) is 4.79 Å². The highest BCUT2D eigenvalue weighted by atomic mass is 16.3. The van der Waals surface area contributed by atoms with E-state index in [4.69, 9.17) is 5.73 Å². The van der Waals surface area contributed by atoms with Crippen LogP contribution >= 0.6 is 0 Å². The number of aliphatic hydroxyl groups is 1. The Balaban J connectivity index is 2.73. The standard InChI is InChI=1S/C14H27N3O3/c1-9(2)8-10(16-14(15)20)13(19)17(3)11-6-4-5-7-12(11)18/h9-12,18H,4-8H2,1-3H3,(H3,15,16,20). The molecule has 0 saturated heterocycles. The van der Waals surface area contributed by atoms with Crippen molar-refractivity contribution in [3.8, 4) is 0 Å². The highest BCUT2D eigenvalue weighted by Gasteiger charge is 2.33. The molecule has 0 heterocycles. The molecule has 3 unspecified atom stereocenters. The minimum absolute atomic E-state index is 0.166. The van der Waals surface area contributed by atoms with E-state index in [1.165, 1.54) is 0 Å². The summed E-state index contributed by atoms with van der Waals surface area (Å²) in [5.41, 5.74) is 5.14. The molecule has 1 aliphatic carbocycles. The number of amides is 3. The van der Waals surface area contributed by atoms with Crippen molar-refractivity contribution in [2.45, 2.75) is 64.1 Å². The molecule has 0 spiro atoms. The highest BCUT2D eigenvalue weighted by Crippen LogP contribution is 2.23. The van der Waals surface area contributed by atoms with Crippen LogP contribution in [0.2, 0.25) is 0 Å². The van der Waals surface area contributed by atoms with Crippen LogP contribution in [0.25, 0.3) is 0 Å². The minimum Gasteiger partial charge on any atom is -0.391 e. The van der Waals surface area contributed by atoms with Crippen molar-refractivity contribution in [2.24, 2.45) is 11.7 Å². The molecule has 6 nitrogen and oxygen atoms in total. The van der Waals surface area contributed by atoms with Crippen LogP contribution in [-0.4, -0.2) is 47.2 Å². The lowest BCUT2D eigenvalue weighted by Crippen LogP contribution is -2.55. The zero-order chi connectivity index (χ0) is 15.3. The number of rotatable bonds is 5. The van der Waals surface area contributed by atoms with Gasteiger partial charge < -0.3 is 21.1 Å². The maximum Gasteiger partial charge on any atom is 0.312 e. The fourth-order valence-corrected chi connectivity index (χ4v) is 2.82. The van der Waals surface area contributed by atoms with Gasteiger partial charge in [-0.05, 0) is 25.2 Å². The molecular weight excluding hydrogens is 258 g/mol. The van der Waals surface area contributed by atoms with Gasteiger partial charge in [0.2, 0.25) is 5.91 Å². The molecule has 3 amide bonds. The van der Waals surface area contributed by atoms with Crippen molar-refractivity contribution < 1.29 is 14.7 Å². The van der Waals surface area contributed by atoms with Gasteiger partial charge in [0.15, 0.2) is 0 Å². The molecule has 1 fully saturated rings. The molecule has 0 aromatic heterocycles. The normalized spacial score (nSPS) is 24.2. The largest absolute Gasteiger partial charge is 0.391 e. The van der Waals surface area contributed by atoms with Crippen LogP contribution in [0.15, 0.2) is 0 Å². The number of carbonyl (C=O) groups excluding carboxylic acids is 2. The number of likely N-dealkylation sites (N-methyl/N-ethyl adjacent to an activating group) is 1. The van der Waals surface area contributed by atoms with E-state index in [9.17, 15) is 14.7 Å². The van der Waals surface area contributed by atoms with E-state index in [1.54, 1.807) is 11.9 Å². The van der Waals surface area contributed by atoms with Crippen LogP contribution in [0.1, 0.15) is 46.0 Å². The summed E-state index contributed by atoms with van der Waals surface area (Å²) in [4.78, 5) is 25.1. The van der Waals surface area contributed by atoms with Crippen LogP contribution in [0.5, 0.6) is 0 Å². The Labute approximate surface area is 120 Å². The molecule has 20 heavy (non-hydrogen) atoms. The third-order valence-corrected chi connectivity index (χ3v) is 3.86. The van der Waals surface area contributed by atoms with Gasteiger partial charge in [0.05, 0.1) is 12.1 Å². The Hall–Kier alpha value is -1.30. The van der Waals surface area contributed by atoms with Crippen molar-refractivity contribution in [3.63, 3.8) is 0 Å². The Morgan fingerprint density at radius 1 is 1.35 bits per heavy atom. The molecule has 1 saturated carbocycles. The first-order valence-corrected chi connectivity index (χ1v) is 7.33. The van der Waals surface area contributed by atoms with Crippen molar-refractivity contribution in [1.29, 1.82) is 0 Å². The van der Waals surface area contributed by atoms with Gasteiger partial charge in [0.25, 0.3) is 0 Å². The van der Waals surface area contributed by atoms with Gasteiger partial charge in [-0.2, -0.15) is 0 Å². The van der Waals surface area contributed by atoms with Crippen molar-refractivity contribution in [3.05, 3.63) is 0 Å². The summed E-state index contributed by atoms with van der Waals surface area (Å²) in [5, 5.41) is 12.5. The van der Waals surface area contributed by atoms with Gasteiger partial charge in [0.1, 0.15) is 6.04 Å². The number of nitrogens with two attached hydrogens (primary N) is 1. The molecule has 1 rings (SSSR count). The molecule has 4 N–H and O–H groups in total. The fraction of sp³-hybridized carbons (Fsp3) is 0.857. The van der Waals surface area contributed by atoms with Gasteiger partial charge in [-0.3, -0.25) is 4.79 Å². The molecule has 3 atom stereocenters. The number of aliphatic hydroxyl groups excluding tert-OH is 1. The van der Waals surface area contributed by atoms with Crippen LogP contribution in [0.4, 0.5) is 4.79 Å². The van der Waals surface area contributed by atoms with Crippen molar-refractivity contribution in [2.75, 3.05) is 7.05 Å². The maximum atomic E-state index is 12.5. The molecule has 1 aliphatic rings. The Morgan fingerprint density at radius 3 is 2.45 bits per heavy atom. The Morgan fingerprint density at radius 2 is 1.95 bits per heavy atom. The summed E-state index contributed by atoms with van der Waals surface area (Å²) in [7, 11) is 1.69. The first-order chi connectivity index (χ1) is 9.32. The summed E-state index contributed by atoms with van der Waals surface area (Å²) >= 11 is 0. The predicted octanol–water partition coefficient (Wildman–Crippen LogP) is 0.831. The van der Waals surface area contributed by atoms with E-state index in [2.05, 4.69) is 5.32 Å². The van der Waals surface area contributed by atoms with Gasteiger partial charge in [-0.1, -0.05) is 26.7 Å². The van der Waals surface area contributed by atoms with Gasteiger partial charge in [-0.25, -0.2) is 4.79 Å². The summed E-state index contributed by atoms with van der Waals surface area (Å²) < 4.78 is 0. The average Bonchev–Trinajstić information content (AvgIpc) is 2.35. The number of primary amides is 1. The number of hydrogen-bond acceptors (Lipinski definition) is 3. The van der Waals surface area contributed by atoms with E-state index in [0.29, 0.717) is 6.42 Å². The second-order valence-electron chi connectivity index (χ2n) is 6.06. The van der Waals surface area contributed by atoms with Crippen LogP contribution in [0, 0.1) is 5.92 Å². The third kappa shape index (κ3) is 4.67. The predicted molar refractivity (Wildman–Crippen MR) is 77.0 cm³/mol. The third-order valence-electron chi connectivity index (χ3n) is 3.86. The van der Waals surface area contributed by atoms with Gasteiger partial charge in [-0.15, -0.1) is 0 Å². The SMILES string of the molecule is CC(C)CC(NC(N)=O)C(=O)N(C)C1CCCCC1O. The summed E-state index contributed by atoms with van der Waals surface area (Å²) in [6.45, 7) is 3.97. The van der Waals surface area contributed by atoms with Gasteiger partial charge >= 0.3 is 6.03 Å². The minimum atomic E-state index is -0.693. The summed E-state index contributed by atoms with van der Waals surface area (Å²) in [6, 6.07) is -1.48. The maximum absolute atomic E-state index is 12.5. The Bertz CT molecular complexity index is 347. The summed E-state index contributed by atoms with van der Waals surface area (Å²) in [5.74, 6) is 0.0870. The number of carbonyl (C=O) groups is 2. The molecular formula is C14H27N3O3. The fourth-order valence-electron chi connectivity index (χ4n) is 2.82. The summed E-state index contributed by atoms with van der Waals surface area (Å²) in [6.07, 6.45) is 3.58. The second kappa shape index (κ2) is 7.47. The monoisotopic (exact) mass is 285 g/mol. The number of nitrogens with zero attached hydrogens (tertiary/aromatic N) is 1. The lowest BCUT2D eigenvalue weighted by atomic mass is 9.91. The zero-order valence-electron chi connectivity index (χ0n) is 12.6. The Kier molecular flexibility index (Phi) is 6.26. The second-order valence-corrected chi connectivity index (χ2v) is 6.06. The van der Waals surface area contributed by atoms with Crippen molar-refractivity contribution >= 4 is 11.9 Å². The average molecular weight is 285 g/mol. The first-order valence-electron chi connectivity index (χ1n) is 7.33. The molecule has 0 radical (unpaired) electrons. The first kappa shape index (κ1) is 16.8. The van der Waals surface area contributed by atoms with E-state index in [0.717, 1.165) is 25.7 Å². The topological polar surface area (TPSA) is 95.7 Å². The molecule has 116 valence electrons. The lowest BCUT2D eigenvalue weighted by molar-refractivity contribution is -0.137. The molecule has 0 bridgehead atoms. The molecule has 0 aromatic carbocycles. The van der Waals surface area contributed by atoms with E-state index < -0.39 is 18.2 Å². The van der Waals surface area contributed by atoms with E-state index in [1.807, 2.05) is 13.8 Å². The number of nitrogens with one attached hydrogen (secondary N) is 1. The highest BCUT2D eigenvalue weighted by molar-refractivity contribution is 5.86. The van der Waals surface area contributed by atoms with E-state index >= 15 is 0 Å². The van der Waals surface area contributed by atoms with E-state index in [-0.39, 0.29) is 17.9 Å². The van der Waals surface area contributed by atoms with Crippen LogP contribution in [0.3, 0.4) is 0 Å². The quantitative estimate of drug-likeness (QED) is 0.698. The molecule has 0 aromatic rings. The molecule has 6 heteroatoms.